The fourth-order valence-electron chi connectivity index (χ4n) is 4.11. The molecule has 0 aliphatic carbocycles. The third-order valence-corrected chi connectivity index (χ3v) is 6.47. The highest BCUT2D eigenvalue weighted by Gasteiger charge is 2.66. The topological polar surface area (TPSA) is 124 Å². The smallest absolute Gasteiger partial charge is 0.417 e. The summed E-state index contributed by atoms with van der Waals surface area (Å²) in [5.41, 5.74) is 1.93. The number of ether oxygens (including phenoxy) is 2. The molecule has 2 amide bonds. The van der Waals surface area contributed by atoms with Gasteiger partial charge in [-0.15, -0.1) is 0 Å². The molecule has 0 bridgehead atoms. The van der Waals surface area contributed by atoms with Crippen LogP contribution in [0, 0.1) is 23.5 Å². The zero-order valence-corrected chi connectivity index (χ0v) is 20.1. The van der Waals surface area contributed by atoms with Gasteiger partial charge in [0.25, 0.3) is 11.8 Å². The van der Waals surface area contributed by atoms with E-state index < -0.39 is 64.8 Å². The predicted molar refractivity (Wildman–Crippen MR) is 121 cm³/mol. The summed E-state index contributed by atoms with van der Waals surface area (Å²) >= 11 is 0. The standard InChI is InChI=1S/C24H26F5N3O5/c1-11(9-33)10-36-19-14(4-5-15(25)18(19)26)17-12(2)23(3,24(27,28)29)37-20(17)22(35)32-13-6-7-31-16(8-13)21(30)34/h4-8,11-12,17,20,33H,9-10H2,1-3H3,(H2,30,34)(H,31,32,35)/t11-,12+,17+,20-,23-/m1/s1. The highest BCUT2D eigenvalue weighted by atomic mass is 19.4. The molecule has 5 atom stereocenters. The van der Waals surface area contributed by atoms with Gasteiger partial charge in [-0.05, 0) is 25.1 Å². The van der Waals surface area contributed by atoms with Crippen molar-refractivity contribution >= 4 is 17.5 Å². The molecular formula is C24H26F5N3O5. The van der Waals surface area contributed by atoms with Crippen LogP contribution in [0.5, 0.6) is 5.75 Å². The number of aromatic nitrogens is 1. The Morgan fingerprint density at radius 3 is 2.57 bits per heavy atom. The number of halogens is 5. The first-order chi connectivity index (χ1) is 17.2. The van der Waals surface area contributed by atoms with E-state index in [4.69, 9.17) is 15.2 Å². The van der Waals surface area contributed by atoms with Crippen LogP contribution in [0.25, 0.3) is 0 Å². The molecule has 2 aromatic rings. The van der Waals surface area contributed by atoms with E-state index in [0.29, 0.717) is 0 Å². The first-order valence-electron chi connectivity index (χ1n) is 11.2. The average Bonchev–Trinajstić information content (AvgIpc) is 3.11. The van der Waals surface area contributed by atoms with Crippen LogP contribution in [-0.4, -0.2) is 53.0 Å². The number of carbonyl (C=O) groups is 2. The second-order valence-electron chi connectivity index (χ2n) is 9.12. The van der Waals surface area contributed by atoms with Crippen molar-refractivity contribution in [3.63, 3.8) is 0 Å². The van der Waals surface area contributed by atoms with Crippen LogP contribution < -0.4 is 15.8 Å². The van der Waals surface area contributed by atoms with Crippen molar-refractivity contribution in [3.05, 3.63) is 53.4 Å². The minimum atomic E-state index is -4.93. The summed E-state index contributed by atoms with van der Waals surface area (Å²) in [6, 6.07) is 4.17. The van der Waals surface area contributed by atoms with E-state index in [1.165, 1.54) is 13.0 Å². The lowest BCUT2D eigenvalue weighted by molar-refractivity contribution is -0.272. The van der Waals surface area contributed by atoms with Crippen molar-refractivity contribution < 1.29 is 46.1 Å². The lowest BCUT2D eigenvalue weighted by Crippen LogP contribution is -2.47. The predicted octanol–water partition coefficient (Wildman–Crippen LogP) is 3.54. The quantitative estimate of drug-likeness (QED) is 0.448. The summed E-state index contributed by atoms with van der Waals surface area (Å²) in [7, 11) is 0. The van der Waals surface area contributed by atoms with E-state index in [0.717, 1.165) is 31.3 Å². The number of aliphatic hydroxyl groups excluding tert-OH is 1. The van der Waals surface area contributed by atoms with E-state index in [1.54, 1.807) is 6.92 Å². The van der Waals surface area contributed by atoms with Gasteiger partial charge in [0.2, 0.25) is 5.82 Å². The summed E-state index contributed by atoms with van der Waals surface area (Å²) < 4.78 is 82.0. The highest BCUT2D eigenvalue weighted by Crippen LogP contribution is 2.55. The van der Waals surface area contributed by atoms with Gasteiger partial charge in [0.1, 0.15) is 11.8 Å². The zero-order chi connectivity index (χ0) is 27.7. The maximum absolute atomic E-state index is 14.8. The van der Waals surface area contributed by atoms with Gasteiger partial charge >= 0.3 is 6.18 Å². The summed E-state index contributed by atoms with van der Waals surface area (Å²) in [4.78, 5) is 28.4. The van der Waals surface area contributed by atoms with Gasteiger partial charge < -0.3 is 25.6 Å². The minimum absolute atomic E-state index is 0.00273. The number of carbonyl (C=O) groups excluding carboxylic acids is 2. The fourth-order valence-corrected chi connectivity index (χ4v) is 4.11. The minimum Gasteiger partial charge on any atom is -0.490 e. The Labute approximate surface area is 209 Å². The van der Waals surface area contributed by atoms with Gasteiger partial charge in [0, 0.05) is 41.8 Å². The number of nitrogens with zero attached hydrogens (tertiary/aromatic N) is 1. The maximum atomic E-state index is 14.8. The van der Waals surface area contributed by atoms with Crippen LogP contribution in [0.4, 0.5) is 27.6 Å². The van der Waals surface area contributed by atoms with E-state index in [1.807, 2.05) is 0 Å². The van der Waals surface area contributed by atoms with Crippen LogP contribution in [0.2, 0.25) is 0 Å². The molecule has 202 valence electrons. The van der Waals surface area contributed by atoms with Crippen molar-refractivity contribution in [1.82, 2.24) is 4.98 Å². The van der Waals surface area contributed by atoms with Crippen molar-refractivity contribution in [2.24, 2.45) is 17.6 Å². The molecule has 3 rings (SSSR count). The molecule has 37 heavy (non-hydrogen) atoms. The summed E-state index contributed by atoms with van der Waals surface area (Å²) in [5, 5.41) is 11.6. The van der Waals surface area contributed by atoms with Crippen LogP contribution in [0.3, 0.4) is 0 Å². The molecule has 1 aliphatic heterocycles. The third-order valence-electron chi connectivity index (χ3n) is 6.47. The number of rotatable bonds is 8. The Morgan fingerprint density at radius 1 is 1.30 bits per heavy atom. The molecule has 1 aliphatic rings. The number of amides is 2. The fraction of sp³-hybridized carbons (Fsp3) is 0.458. The van der Waals surface area contributed by atoms with Crippen LogP contribution >= 0.6 is 0 Å². The summed E-state index contributed by atoms with van der Waals surface area (Å²) in [6.07, 6.45) is -5.59. The molecule has 0 saturated carbocycles. The molecule has 2 heterocycles. The number of nitrogens with one attached hydrogen (secondary N) is 1. The van der Waals surface area contributed by atoms with Gasteiger partial charge in [0.15, 0.2) is 17.2 Å². The molecule has 1 saturated heterocycles. The summed E-state index contributed by atoms with van der Waals surface area (Å²) in [5.74, 6) is -8.76. The Morgan fingerprint density at radius 2 is 1.97 bits per heavy atom. The monoisotopic (exact) mass is 531 g/mol. The maximum Gasteiger partial charge on any atom is 0.417 e. The number of primary amides is 1. The molecule has 0 unspecified atom stereocenters. The number of hydrogen-bond donors (Lipinski definition) is 3. The Kier molecular flexibility index (Phi) is 8.08. The lowest BCUT2D eigenvalue weighted by atomic mass is 9.77. The van der Waals surface area contributed by atoms with Gasteiger partial charge in [-0.1, -0.05) is 19.9 Å². The summed E-state index contributed by atoms with van der Waals surface area (Å²) in [6.45, 7) is 2.90. The van der Waals surface area contributed by atoms with E-state index in [2.05, 4.69) is 10.3 Å². The van der Waals surface area contributed by atoms with E-state index in [-0.39, 0.29) is 30.2 Å². The van der Waals surface area contributed by atoms with Gasteiger partial charge in [-0.2, -0.15) is 17.6 Å². The van der Waals surface area contributed by atoms with Crippen molar-refractivity contribution in [2.45, 2.75) is 44.6 Å². The van der Waals surface area contributed by atoms with Crippen LogP contribution in [0.1, 0.15) is 42.7 Å². The second kappa shape index (κ2) is 10.6. The highest BCUT2D eigenvalue weighted by molar-refractivity contribution is 5.97. The van der Waals surface area contributed by atoms with Crippen molar-refractivity contribution in [2.75, 3.05) is 18.5 Å². The molecular weight excluding hydrogens is 505 g/mol. The molecule has 8 nitrogen and oxygen atoms in total. The normalized spacial score (nSPS) is 24.5. The SMILES string of the molecule is C[C@H](CO)COc1c([C@H]2[C@H](C(=O)Nc3ccnc(C(N)=O)c3)O[C@@](C)(C(F)(F)F)[C@H]2C)ccc(F)c1F. The Bertz CT molecular complexity index is 1180. The molecule has 1 aromatic carbocycles. The van der Waals surface area contributed by atoms with E-state index in [9.17, 15) is 36.6 Å². The number of benzene rings is 1. The molecule has 1 fully saturated rings. The van der Waals surface area contributed by atoms with Gasteiger partial charge in [-0.25, -0.2) is 4.39 Å². The Hall–Kier alpha value is -3.32. The lowest BCUT2D eigenvalue weighted by Gasteiger charge is -2.32. The second-order valence-corrected chi connectivity index (χ2v) is 9.12. The number of hydrogen-bond acceptors (Lipinski definition) is 6. The first kappa shape index (κ1) is 28.3. The number of pyridine rings is 1. The van der Waals surface area contributed by atoms with Crippen LogP contribution in [0.15, 0.2) is 30.5 Å². The van der Waals surface area contributed by atoms with Crippen molar-refractivity contribution in [3.8, 4) is 5.75 Å². The number of alkyl halides is 3. The third kappa shape index (κ3) is 5.52. The van der Waals surface area contributed by atoms with Crippen LogP contribution in [-0.2, 0) is 9.53 Å². The van der Waals surface area contributed by atoms with Gasteiger partial charge in [-0.3, -0.25) is 14.6 Å². The Balaban J connectivity index is 2.08. The number of anilines is 1. The largest absolute Gasteiger partial charge is 0.490 e. The number of aliphatic hydroxyl groups is 1. The van der Waals surface area contributed by atoms with Gasteiger partial charge in [0.05, 0.1) is 6.61 Å². The van der Waals surface area contributed by atoms with Crippen molar-refractivity contribution in [1.29, 1.82) is 0 Å². The molecule has 13 heteroatoms. The zero-order valence-electron chi connectivity index (χ0n) is 20.1. The van der Waals surface area contributed by atoms with E-state index >= 15 is 0 Å². The molecule has 1 aromatic heterocycles. The molecule has 4 N–H and O–H groups in total. The first-order valence-corrected chi connectivity index (χ1v) is 11.2. The molecule has 0 spiro atoms. The number of nitrogens with two attached hydrogens (primary N) is 1. The average molecular weight is 531 g/mol. The molecule has 0 radical (unpaired) electrons.